The molecule has 0 aliphatic rings. The molecule has 0 unspecified atom stereocenters. The van der Waals surface area contributed by atoms with E-state index >= 15 is 0 Å². The molecule has 0 saturated carbocycles. The minimum absolute atomic E-state index is 0.000752. The van der Waals surface area contributed by atoms with Crippen LogP contribution in [-0.4, -0.2) is 24.0 Å². The molecule has 0 bridgehead atoms. The third-order valence-electron chi connectivity index (χ3n) is 3.68. The molecule has 1 N–H and O–H groups in total. The zero-order valence-corrected chi connectivity index (χ0v) is 13.4. The average Bonchev–Trinajstić information content (AvgIpc) is 3.12. The quantitative estimate of drug-likeness (QED) is 0.647. The van der Waals surface area contributed by atoms with Crippen molar-refractivity contribution >= 4 is 16.8 Å². The maximum Gasteiger partial charge on any atom is 0.224 e. The number of ether oxygens (including phenoxy) is 1. The molecule has 3 aromatic rings. The van der Waals surface area contributed by atoms with E-state index in [9.17, 15) is 4.79 Å². The Bertz CT molecular complexity index is 779. The Balaban J connectivity index is 1.39. The summed E-state index contributed by atoms with van der Waals surface area (Å²) in [5, 5.41) is 3.97. The molecule has 0 saturated heterocycles. The van der Waals surface area contributed by atoms with Crippen LogP contribution in [0.25, 0.3) is 10.9 Å². The topological polar surface area (TPSA) is 64.4 Å². The van der Waals surface area contributed by atoms with Crippen molar-refractivity contribution in [2.75, 3.05) is 13.2 Å². The Hall–Kier alpha value is -2.66. The number of para-hydroxylation sites is 1. The molecule has 0 fully saturated rings. The average molecular weight is 324 g/mol. The van der Waals surface area contributed by atoms with E-state index in [1.807, 2.05) is 42.5 Å². The van der Waals surface area contributed by atoms with Crippen LogP contribution < -0.4 is 5.32 Å². The van der Waals surface area contributed by atoms with Crippen LogP contribution in [0.3, 0.4) is 0 Å². The zero-order chi connectivity index (χ0) is 16.6. The Morgan fingerprint density at radius 3 is 2.96 bits per heavy atom. The highest BCUT2D eigenvalue weighted by Crippen LogP contribution is 2.16. The van der Waals surface area contributed by atoms with Crippen LogP contribution in [0.5, 0.6) is 0 Å². The lowest BCUT2D eigenvalue weighted by atomic mass is 10.1. The number of fused-ring (bicyclic) bond motifs is 1. The summed E-state index contributed by atoms with van der Waals surface area (Å²) in [4.78, 5) is 16.5. The van der Waals surface area contributed by atoms with Gasteiger partial charge in [-0.25, -0.2) is 0 Å². The summed E-state index contributed by atoms with van der Waals surface area (Å²) in [6.45, 7) is 1.63. The second-order valence-corrected chi connectivity index (χ2v) is 5.50. The minimum Gasteiger partial charge on any atom is -0.467 e. The van der Waals surface area contributed by atoms with Crippen LogP contribution in [0.1, 0.15) is 17.7 Å². The van der Waals surface area contributed by atoms with Crippen molar-refractivity contribution in [3.63, 3.8) is 0 Å². The number of carbonyl (C=O) groups excluding carboxylic acids is 1. The normalized spacial score (nSPS) is 10.8. The molecule has 0 spiro atoms. The molecule has 5 nitrogen and oxygen atoms in total. The number of amides is 1. The largest absolute Gasteiger partial charge is 0.467 e. The van der Waals surface area contributed by atoms with Gasteiger partial charge in [-0.05, 0) is 30.2 Å². The van der Waals surface area contributed by atoms with E-state index in [0.29, 0.717) is 26.2 Å². The second-order valence-electron chi connectivity index (χ2n) is 5.50. The molecule has 2 aromatic heterocycles. The molecular weight excluding hydrogens is 304 g/mol. The number of aromatic nitrogens is 1. The van der Waals surface area contributed by atoms with Gasteiger partial charge in [0.1, 0.15) is 12.4 Å². The monoisotopic (exact) mass is 324 g/mol. The number of nitrogens with one attached hydrogen (secondary N) is 1. The van der Waals surface area contributed by atoms with Crippen molar-refractivity contribution < 1.29 is 13.9 Å². The Kier molecular flexibility index (Phi) is 5.58. The van der Waals surface area contributed by atoms with E-state index in [-0.39, 0.29) is 5.91 Å². The lowest BCUT2D eigenvalue weighted by Crippen LogP contribution is -2.27. The van der Waals surface area contributed by atoms with Gasteiger partial charge < -0.3 is 14.5 Å². The van der Waals surface area contributed by atoms with E-state index in [4.69, 9.17) is 9.15 Å². The third-order valence-corrected chi connectivity index (χ3v) is 3.68. The molecule has 0 radical (unpaired) electrons. The summed E-state index contributed by atoms with van der Waals surface area (Å²) in [6.07, 6.45) is 4.48. The summed E-state index contributed by atoms with van der Waals surface area (Å²) in [5.41, 5.74) is 1.83. The molecule has 0 atom stereocenters. The van der Waals surface area contributed by atoms with Crippen LogP contribution in [0, 0.1) is 0 Å². The Morgan fingerprint density at radius 2 is 2.08 bits per heavy atom. The Labute approximate surface area is 140 Å². The molecule has 24 heavy (non-hydrogen) atoms. The first-order chi connectivity index (χ1) is 11.8. The molecular formula is C19H20N2O3. The maximum absolute atomic E-state index is 12.1. The smallest absolute Gasteiger partial charge is 0.224 e. The van der Waals surface area contributed by atoms with E-state index < -0.39 is 0 Å². The van der Waals surface area contributed by atoms with Gasteiger partial charge in [0, 0.05) is 24.7 Å². The van der Waals surface area contributed by atoms with Crippen LogP contribution in [-0.2, 0) is 22.6 Å². The molecule has 124 valence electrons. The van der Waals surface area contributed by atoms with Gasteiger partial charge in [-0.15, -0.1) is 0 Å². The van der Waals surface area contributed by atoms with Crippen LogP contribution in [0.4, 0.5) is 0 Å². The number of rotatable bonds is 8. The molecule has 3 rings (SSSR count). The van der Waals surface area contributed by atoms with E-state index in [2.05, 4.69) is 10.3 Å². The fraction of sp³-hybridized carbons (Fsp3) is 0.263. The molecule has 0 aliphatic heterocycles. The summed E-state index contributed by atoms with van der Waals surface area (Å²) in [7, 11) is 0. The van der Waals surface area contributed by atoms with Crippen molar-refractivity contribution in [2.24, 2.45) is 0 Å². The number of nitrogens with zero attached hydrogens (tertiary/aromatic N) is 1. The van der Waals surface area contributed by atoms with Crippen molar-refractivity contribution in [3.05, 3.63) is 66.2 Å². The van der Waals surface area contributed by atoms with Crippen LogP contribution >= 0.6 is 0 Å². The van der Waals surface area contributed by atoms with Crippen molar-refractivity contribution in [1.82, 2.24) is 10.3 Å². The van der Waals surface area contributed by atoms with Crippen LogP contribution in [0.2, 0.25) is 0 Å². The predicted molar refractivity (Wildman–Crippen MR) is 91.4 cm³/mol. The van der Waals surface area contributed by atoms with Gasteiger partial charge in [-0.2, -0.15) is 0 Å². The number of hydrogen-bond donors (Lipinski definition) is 1. The van der Waals surface area contributed by atoms with E-state index in [1.54, 1.807) is 12.5 Å². The fourth-order valence-corrected chi connectivity index (χ4v) is 2.52. The molecule has 1 amide bonds. The zero-order valence-electron chi connectivity index (χ0n) is 13.4. The SMILES string of the molecule is O=C(Cc1cccc2cccnc12)NCCCOCc1ccco1. The van der Waals surface area contributed by atoms with Gasteiger partial charge in [0.05, 0.1) is 18.2 Å². The van der Waals surface area contributed by atoms with Gasteiger partial charge in [0.2, 0.25) is 5.91 Å². The van der Waals surface area contributed by atoms with Crippen molar-refractivity contribution in [3.8, 4) is 0 Å². The number of benzene rings is 1. The number of pyridine rings is 1. The van der Waals surface area contributed by atoms with Gasteiger partial charge in [-0.1, -0.05) is 24.3 Å². The minimum atomic E-state index is -0.000752. The number of furan rings is 1. The standard InChI is InChI=1S/C19H20N2O3/c22-18(20-10-4-11-23-14-17-8-3-12-24-17)13-16-6-1-5-15-7-2-9-21-19(15)16/h1-3,5-9,12H,4,10-11,13-14H2,(H,20,22). The molecule has 5 heteroatoms. The summed E-state index contributed by atoms with van der Waals surface area (Å²) < 4.78 is 10.7. The van der Waals surface area contributed by atoms with Crippen molar-refractivity contribution in [1.29, 1.82) is 0 Å². The summed E-state index contributed by atoms with van der Waals surface area (Å²) in [6, 6.07) is 13.5. The predicted octanol–water partition coefficient (Wildman–Crippen LogP) is 3.09. The van der Waals surface area contributed by atoms with Gasteiger partial charge in [0.25, 0.3) is 0 Å². The number of carbonyl (C=O) groups is 1. The highest BCUT2D eigenvalue weighted by molar-refractivity contribution is 5.87. The molecule has 1 aromatic carbocycles. The third kappa shape index (κ3) is 4.43. The van der Waals surface area contributed by atoms with Gasteiger partial charge >= 0.3 is 0 Å². The first-order valence-electron chi connectivity index (χ1n) is 8.02. The Morgan fingerprint density at radius 1 is 1.17 bits per heavy atom. The fourth-order valence-electron chi connectivity index (χ4n) is 2.52. The summed E-state index contributed by atoms with van der Waals surface area (Å²) in [5.74, 6) is 0.807. The van der Waals surface area contributed by atoms with E-state index in [1.165, 1.54) is 0 Å². The molecule has 2 heterocycles. The molecule has 0 aliphatic carbocycles. The highest BCUT2D eigenvalue weighted by atomic mass is 16.5. The van der Waals surface area contributed by atoms with Crippen LogP contribution in [0.15, 0.2) is 59.3 Å². The highest BCUT2D eigenvalue weighted by Gasteiger charge is 2.07. The van der Waals surface area contributed by atoms with Crippen molar-refractivity contribution in [2.45, 2.75) is 19.4 Å². The lowest BCUT2D eigenvalue weighted by molar-refractivity contribution is -0.120. The summed E-state index contributed by atoms with van der Waals surface area (Å²) >= 11 is 0. The maximum atomic E-state index is 12.1. The van der Waals surface area contributed by atoms with E-state index in [0.717, 1.165) is 28.6 Å². The number of hydrogen-bond acceptors (Lipinski definition) is 4. The first-order valence-corrected chi connectivity index (χ1v) is 8.02. The van der Waals surface area contributed by atoms with Gasteiger partial charge in [0.15, 0.2) is 0 Å². The second kappa shape index (κ2) is 8.26. The first kappa shape index (κ1) is 16.2. The lowest BCUT2D eigenvalue weighted by Gasteiger charge is -2.07. The van der Waals surface area contributed by atoms with Gasteiger partial charge in [-0.3, -0.25) is 9.78 Å².